The number of halogens is 2. The van der Waals surface area contributed by atoms with Crippen LogP contribution in [0, 0.1) is 11.3 Å². The molecule has 1 atom stereocenters. The summed E-state index contributed by atoms with van der Waals surface area (Å²) in [6, 6.07) is 0. The first-order valence-corrected chi connectivity index (χ1v) is 8.56. The third kappa shape index (κ3) is 2.42. The normalized spacial score (nSPS) is 26.8. The molecule has 0 aromatic rings. The zero-order chi connectivity index (χ0) is 13.3. The molecule has 2 aliphatic rings. The Labute approximate surface area is 137 Å². The molecule has 0 amide bonds. The summed E-state index contributed by atoms with van der Waals surface area (Å²) < 4.78 is 3.51. The molecule has 18 heavy (non-hydrogen) atoms. The second-order valence-corrected chi connectivity index (χ2v) is 7.23. The highest BCUT2D eigenvalue weighted by Gasteiger charge is 2.41. The lowest BCUT2D eigenvalue weighted by molar-refractivity contribution is 0.529. The van der Waals surface area contributed by atoms with E-state index < -0.39 is 0 Å². The van der Waals surface area contributed by atoms with Crippen LogP contribution in [-0.4, -0.2) is 0 Å². The van der Waals surface area contributed by atoms with Gasteiger partial charge in [-0.15, -0.1) is 0 Å². The van der Waals surface area contributed by atoms with Crippen molar-refractivity contribution in [2.24, 2.45) is 11.3 Å². The minimum atomic E-state index is 0.159. The zero-order valence-electron chi connectivity index (χ0n) is 11.0. The van der Waals surface area contributed by atoms with E-state index >= 15 is 0 Å². The van der Waals surface area contributed by atoms with Gasteiger partial charge in [-0.05, 0) is 57.2 Å². The molecular weight excluding hydrogens is 446 g/mol. The molecule has 2 heteroatoms. The van der Waals surface area contributed by atoms with Crippen molar-refractivity contribution in [3.8, 4) is 0 Å². The van der Waals surface area contributed by atoms with Crippen molar-refractivity contribution in [3.63, 3.8) is 0 Å². The largest absolute Gasteiger partial charge is 0.0874 e. The zero-order valence-corrected chi connectivity index (χ0v) is 15.3. The van der Waals surface area contributed by atoms with Gasteiger partial charge in [0.1, 0.15) is 0 Å². The molecule has 0 heterocycles. The van der Waals surface area contributed by atoms with Gasteiger partial charge in [0, 0.05) is 14.9 Å². The fourth-order valence-corrected chi connectivity index (χ4v) is 3.98. The van der Waals surface area contributed by atoms with Crippen LogP contribution in [0.1, 0.15) is 27.2 Å². The first-order valence-electron chi connectivity index (χ1n) is 6.24. The Bertz CT molecular complexity index is 499. The molecule has 0 aromatic heterocycles. The Hall–Kier alpha value is 0.160. The predicted octanol–water partition coefficient (Wildman–Crippen LogP) is 6.11. The molecule has 96 valence electrons. The van der Waals surface area contributed by atoms with Crippen LogP contribution in [0.4, 0.5) is 0 Å². The first-order chi connectivity index (χ1) is 8.52. The quantitative estimate of drug-likeness (QED) is 0.433. The van der Waals surface area contributed by atoms with Crippen LogP contribution in [-0.2, 0) is 0 Å². The lowest BCUT2D eigenvalue weighted by Gasteiger charge is -2.27. The molecule has 0 N–H and O–H groups in total. The molecule has 1 unspecified atom stereocenters. The predicted molar refractivity (Wildman–Crippen MR) is 97.1 cm³/mol. The maximum Gasteiger partial charge on any atom is 0.0118 e. The lowest BCUT2D eigenvalue weighted by Crippen LogP contribution is -2.16. The number of allylic oxidation sites excluding steroid dienone is 9. The van der Waals surface area contributed by atoms with Crippen molar-refractivity contribution in [1.82, 2.24) is 0 Å². The molecule has 2 rings (SSSR count). The topological polar surface area (TPSA) is 0 Å². The molecule has 0 fully saturated rings. The average molecular weight is 464 g/mol. The molecule has 0 radical (unpaired) electrons. The highest BCUT2D eigenvalue weighted by Crippen LogP contribution is 2.54. The van der Waals surface area contributed by atoms with Crippen molar-refractivity contribution < 1.29 is 0 Å². The SMILES string of the molecule is C/C=C\C1=C(/C=C/I)C(C)(C)C2=CC(I)=CCC21. The average Bonchev–Trinajstić information content (AvgIpc) is 2.52. The highest BCUT2D eigenvalue weighted by atomic mass is 127. The van der Waals surface area contributed by atoms with Crippen molar-refractivity contribution in [2.75, 3.05) is 0 Å². The summed E-state index contributed by atoms with van der Waals surface area (Å²) in [6.07, 6.45) is 12.6. The van der Waals surface area contributed by atoms with E-state index in [-0.39, 0.29) is 5.41 Å². The summed E-state index contributed by atoms with van der Waals surface area (Å²) in [6.45, 7) is 6.81. The van der Waals surface area contributed by atoms with Gasteiger partial charge in [-0.1, -0.05) is 66.3 Å². The van der Waals surface area contributed by atoms with Gasteiger partial charge in [0.25, 0.3) is 0 Å². The molecule has 0 aromatic carbocycles. The van der Waals surface area contributed by atoms with Gasteiger partial charge in [0.15, 0.2) is 0 Å². The van der Waals surface area contributed by atoms with Crippen LogP contribution in [0.25, 0.3) is 0 Å². The Morgan fingerprint density at radius 1 is 1.33 bits per heavy atom. The molecule has 0 saturated carbocycles. The van der Waals surface area contributed by atoms with Gasteiger partial charge in [-0.2, -0.15) is 0 Å². The monoisotopic (exact) mass is 464 g/mol. The Kier molecular flexibility index (Phi) is 4.57. The van der Waals surface area contributed by atoms with Crippen molar-refractivity contribution in [1.29, 1.82) is 0 Å². The van der Waals surface area contributed by atoms with E-state index in [1.807, 2.05) is 0 Å². The van der Waals surface area contributed by atoms with Crippen LogP contribution in [0.2, 0.25) is 0 Å². The van der Waals surface area contributed by atoms with E-state index in [0.29, 0.717) is 5.92 Å². The fourth-order valence-electron chi connectivity index (χ4n) is 3.03. The first kappa shape index (κ1) is 14.6. The summed E-state index contributed by atoms with van der Waals surface area (Å²) in [5.74, 6) is 0.581. The Morgan fingerprint density at radius 2 is 2.06 bits per heavy atom. The fraction of sp³-hybridized carbons (Fsp3) is 0.375. The molecule has 0 nitrogen and oxygen atoms in total. The van der Waals surface area contributed by atoms with E-state index in [0.717, 1.165) is 6.42 Å². The standard InChI is InChI=1S/C16H18I2/c1-4-5-12-13-7-6-11(18)10-15(13)16(2,3)14(12)8-9-17/h4-6,8-10,13H,7H2,1-3H3/b5-4-,9-8+. The number of fused-ring (bicyclic) bond motifs is 1. The summed E-state index contributed by atoms with van der Waals surface area (Å²) in [7, 11) is 0. The molecule has 2 aliphatic carbocycles. The molecule has 0 aliphatic heterocycles. The van der Waals surface area contributed by atoms with Gasteiger partial charge in [0.05, 0.1) is 0 Å². The second-order valence-electron chi connectivity index (χ2n) is 5.26. The summed E-state index contributed by atoms with van der Waals surface area (Å²) in [5.41, 5.74) is 4.71. The molecule has 0 saturated heterocycles. The van der Waals surface area contributed by atoms with Gasteiger partial charge in [-0.25, -0.2) is 0 Å². The maximum atomic E-state index is 2.44. The summed E-state index contributed by atoms with van der Waals surface area (Å²) in [5, 5.41) is 0. The minimum Gasteiger partial charge on any atom is -0.0874 e. The molecular formula is C16H18I2. The third-order valence-electron chi connectivity index (χ3n) is 3.87. The van der Waals surface area contributed by atoms with Gasteiger partial charge < -0.3 is 0 Å². The van der Waals surface area contributed by atoms with E-state index in [1.165, 1.54) is 14.7 Å². The minimum absolute atomic E-state index is 0.159. The van der Waals surface area contributed by atoms with Crippen LogP contribution in [0.15, 0.2) is 54.8 Å². The smallest absolute Gasteiger partial charge is 0.0118 e. The summed E-state index contributed by atoms with van der Waals surface area (Å²) in [4.78, 5) is 0. The van der Waals surface area contributed by atoms with E-state index in [4.69, 9.17) is 0 Å². The van der Waals surface area contributed by atoms with Crippen LogP contribution >= 0.6 is 45.2 Å². The maximum absolute atomic E-state index is 2.44. The van der Waals surface area contributed by atoms with Crippen LogP contribution < -0.4 is 0 Å². The Balaban J connectivity index is 2.59. The van der Waals surface area contributed by atoms with Gasteiger partial charge in [-0.3, -0.25) is 0 Å². The Morgan fingerprint density at radius 3 is 2.67 bits per heavy atom. The van der Waals surface area contributed by atoms with E-state index in [2.05, 4.69) is 100 Å². The van der Waals surface area contributed by atoms with Crippen molar-refractivity contribution in [3.05, 3.63) is 54.8 Å². The van der Waals surface area contributed by atoms with Gasteiger partial charge in [0.2, 0.25) is 0 Å². The third-order valence-corrected chi connectivity index (χ3v) is 4.99. The van der Waals surface area contributed by atoms with Crippen molar-refractivity contribution in [2.45, 2.75) is 27.2 Å². The number of rotatable bonds is 2. The number of hydrogen-bond donors (Lipinski definition) is 0. The van der Waals surface area contributed by atoms with Crippen molar-refractivity contribution >= 4 is 45.2 Å². The number of hydrogen-bond acceptors (Lipinski definition) is 0. The molecule has 0 spiro atoms. The highest BCUT2D eigenvalue weighted by molar-refractivity contribution is 14.1. The lowest BCUT2D eigenvalue weighted by atomic mass is 9.77. The second kappa shape index (κ2) is 5.65. The van der Waals surface area contributed by atoms with Crippen LogP contribution in [0.5, 0.6) is 0 Å². The molecule has 0 bridgehead atoms. The van der Waals surface area contributed by atoms with Crippen LogP contribution in [0.3, 0.4) is 0 Å². The summed E-state index contributed by atoms with van der Waals surface area (Å²) >= 11 is 4.75. The van der Waals surface area contributed by atoms with E-state index in [9.17, 15) is 0 Å². The van der Waals surface area contributed by atoms with Gasteiger partial charge >= 0.3 is 0 Å². The van der Waals surface area contributed by atoms with E-state index in [1.54, 1.807) is 5.57 Å².